The number of rotatable bonds is 10. The zero-order chi connectivity index (χ0) is 19.8. The van der Waals surface area contributed by atoms with Gasteiger partial charge in [-0.3, -0.25) is 0 Å². The lowest BCUT2D eigenvalue weighted by Gasteiger charge is -2.13. The Morgan fingerprint density at radius 1 is 1.24 bits per heavy atom. The van der Waals surface area contributed by atoms with Crippen LogP contribution >= 0.6 is 24.0 Å². The van der Waals surface area contributed by atoms with Gasteiger partial charge < -0.3 is 19.9 Å². The Bertz CT molecular complexity index is 787. The van der Waals surface area contributed by atoms with Gasteiger partial charge in [0.1, 0.15) is 11.6 Å². The number of ether oxygens (including phenoxy) is 1. The van der Waals surface area contributed by atoms with E-state index in [2.05, 4.69) is 33.8 Å². The molecule has 1 fully saturated rings. The molecule has 1 aromatic heterocycles. The lowest BCUT2D eigenvalue weighted by Crippen LogP contribution is -2.38. The van der Waals surface area contributed by atoms with Crippen LogP contribution < -0.4 is 15.4 Å². The van der Waals surface area contributed by atoms with Crippen molar-refractivity contribution in [2.75, 3.05) is 13.2 Å². The van der Waals surface area contributed by atoms with Gasteiger partial charge >= 0.3 is 0 Å². The molecule has 2 aromatic rings. The maximum Gasteiger partial charge on any atom is 0.191 e. The fraction of sp³-hybridized carbons (Fsp3) is 0.571. The number of nitrogens with one attached hydrogen (secondary N) is 2. The largest absolute Gasteiger partial charge is 0.493 e. The monoisotopic (exact) mass is 512 g/mol. The second-order valence-corrected chi connectivity index (χ2v) is 7.38. The molecule has 8 heteroatoms. The van der Waals surface area contributed by atoms with Crippen molar-refractivity contribution in [1.29, 1.82) is 0 Å². The second kappa shape index (κ2) is 12.0. The molecule has 0 unspecified atom stereocenters. The van der Waals surface area contributed by atoms with Crippen molar-refractivity contribution in [3.63, 3.8) is 0 Å². The summed E-state index contributed by atoms with van der Waals surface area (Å²) < 4.78 is 7.99. The Morgan fingerprint density at radius 2 is 2.03 bits per heavy atom. The number of unbranched alkanes of at least 4 members (excludes halogenated alkanes) is 1. The number of halogens is 1. The maximum absolute atomic E-state index is 6.01. The molecule has 29 heavy (non-hydrogen) atoms. The smallest absolute Gasteiger partial charge is 0.191 e. The summed E-state index contributed by atoms with van der Waals surface area (Å²) in [6.45, 7) is 6.98. The highest BCUT2D eigenvalue weighted by Crippen LogP contribution is 2.30. The van der Waals surface area contributed by atoms with Gasteiger partial charge in [0.2, 0.25) is 0 Å². The highest BCUT2D eigenvalue weighted by molar-refractivity contribution is 14.0. The van der Waals surface area contributed by atoms with E-state index in [4.69, 9.17) is 9.73 Å². The number of aromatic nitrogens is 3. The van der Waals surface area contributed by atoms with Crippen molar-refractivity contribution in [2.24, 2.45) is 18.0 Å². The Labute approximate surface area is 190 Å². The van der Waals surface area contributed by atoms with E-state index in [0.29, 0.717) is 13.1 Å². The predicted octanol–water partition coefficient (Wildman–Crippen LogP) is 3.57. The lowest BCUT2D eigenvalue weighted by atomic mass is 10.2. The molecule has 1 heterocycles. The van der Waals surface area contributed by atoms with Crippen LogP contribution in [0.3, 0.4) is 0 Å². The Hall–Kier alpha value is -1.84. The lowest BCUT2D eigenvalue weighted by molar-refractivity contribution is 0.297. The Kier molecular flexibility index (Phi) is 9.69. The molecule has 0 radical (unpaired) electrons. The van der Waals surface area contributed by atoms with Crippen LogP contribution in [-0.2, 0) is 20.1 Å². The molecule has 0 atom stereocenters. The van der Waals surface area contributed by atoms with E-state index < -0.39 is 0 Å². The van der Waals surface area contributed by atoms with Crippen LogP contribution in [-0.4, -0.2) is 33.9 Å². The van der Waals surface area contributed by atoms with Gasteiger partial charge in [0, 0.05) is 19.2 Å². The molecule has 0 amide bonds. The Balaban J connectivity index is 0.00000300. The molecule has 0 spiro atoms. The number of aliphatic imine (C=N–C) groups is 1. The third-order valence-electron chi connectivity index (χ3n) is 4.97. The molecule has 0 saturated heterocycles. The van der Waals surface area contributed by atoms with Crippen LogP contribution in [0, 0.1) is 12.8 Å². The minimum atomic E-state index is 0. The number of para-hydroxylation sites is 1. The molecule has 7 nitrogen and oxygen atoms in total. The first-order chi connectivity index (χ1) is 13.7. The third-order valence-corrected chi connectivity index (χ3v) is 4.97. The molecular weight excluding hydrogens is 479 g/mol. The van der Waals surface area contributed by atoms with E-state index in [1.165, 1.54) is 12.8 Å². The molecule has 1 saturated carbocycles. The molecule has 1 aromatic carbocycles. The first-order valence-electron chi connectivity index (χ1n) is 10.2. The topological polar surface area (TPSA) is 76.4 Å². The third kappa shape index (κ3) is 7.49. The molecular formula is C21H33IN6O. The van der Waals surface area contributed by atoms with Gasteiger partial charge in [-0.25, -0.2) is 4.99 Å². The molecule has 1 aliphatic rings. The number of guanidine groups is 1. The van der Waals surface area contributed by atoms with Gasteiger partial charge in [0.25, 0.3) is 0 Å². The van der Waals surface area contributed by atoms with Gasteiger partial charge in [-0.1, -0.05) is 31.5 Å². The van der Waals surface area contributed by atoms with Crippen LogP contribution in [0.15, 0.2) is 29.3 Å². The highest BCUT2D eigenvalue weighted by Gasteiger charge is 2.22. The van der Waals surface area contributed by atoms with Crippen LogP contribution in [0.4, 0.5) is 0 Å². The Morgan fingerprint density at radius 3 is 2.72 bits per heavy atom. The summed E-state index contributed by atoms with van der Waals surface area (Å²) >= 11 is 0. The standard InChI is InChI=1S/C21H32N6O.HI/c1-4-5-12-22-21(24-14-20-26-25-16(2)27(20)3)23-13-18-8-6-7-9-19(18)28-15-17-10-11-17;/h6-9,17H,4-5,10-15H2,1-3H3,(H2,22,23,24);1H. The number of nitrogens with zero attached hydrogens (tertiary/aromatic N) is 4. The summed E-state index contributed by atoms with van der Waals surface area (Å²) in [7, 11) is 1.97. The van der Waals surface area contributed by atoms with Gasteiger partial charge in [0.05, 0.1) is 19.7 Å². The summed E-state index contributed by atoms with van der Waals surface area (Å²) in [5.41, 5.74) is 1.11. The number of hydrogen-bond donors (Lipinski definition) is 2. The van der Waals surface area contributed by atoms with E-state index in [9.17, 15) is 0 Å². The fourth-order valence-corrected chi connectivity index (χ4v) is 2.76. The van der Waals surface area contributed by atoms with Gasteiger partial charge in [-0.2, -0.15) is 0 Å². The van der Waals surface area contributed by atoms with E-state index >= 15 is 0 Å². The van der Waals surface area contributed by atoms with E-state index in [1.807, 2.05) is 36.7 Å². The summed E-state index contributed by atoms with van der Waals surface area (Å²) in [6, 6.07) is 8.17. The fourth-order valence-electron chi connectivity index (χ4n) is 2.76. The first-order valence-corrected chi connectivity index (χ1v) is 10.2. The average Bonchev–Trinajstić information content (AvgIpc) is 3.49. The van der Waals surface area contributed by atoms with Crippen LogP contribution in [0.25, 0.3) is 0 Å². The van der Waals surface area contributed by atoms with Crippen molar-refractivity contribution in [2.45, 2.75) is 52.6 Å². The zero-order valence-corrected chi connectivity index (χ0v) is 20.0. The first kappa shape index (κ1) is 23.4. The normalized spacial score (nSPS) is 13.7. The van der Waals surface area contributed by atoms with Crippen LogP contribution in [0.1, 0.15) is 49.8 Å². The van der Waals surface area contributed by atoms with Crippen molar-refractivity contribution in [3.05, 3.63) is 41.5 Å². The van der Waals surface area contributed by atoms with E-state index in [-0.39, 0.29) is 24.0 Å². The van der Waals surface area contributed by atoms with E-state index in [0.717, 1.165) is 60.8 Å². The molecule has 0 aliphatic heterocycles. The molecule has 2 N–H and O–H groups in total. The van der Waals surface area contributed by atoms with Crippen molar-refractivity contribution in [1.82, 2.24) is 25.4 Å². The maximum atomic E-state index is 6.01. The number of benzene rings is 1. The highest BCUT2D eigenvalue weighted by atomic mass is 127. The summed E-state index contributed by atoms with van der Waals surface area (Å²) in [5.74, 6) is 4.24. The number of hydrogen-bond acceptors (Lipinski definition) is 4. The molecule has 0 bridgehead atoms. The zero-order valence-electron chi connectivity index (χ0n) is 17.6. The van der Waals surface area contributed by atoms with Gasteiger partial charge in [-0.05, 0) is 38.2 Å². The van der Waals surface area contributed by atoms with Crippen LogP contribution in [0.5, 0.6) is 5.75 Å². The summed E-state index contributed by atoms with van der Waals surface area (Å²) in [4.78, 5) is 4.78. The molecule has 1 aliphatic carbocycles. The minimum Gasteiger partial charge on any atom is -0.493 e. The summed E-state index contributed by atoms with van der Waals surface area (Å²) in [5, 5.41) is 15.1. The minimum absolute atomic E-state index is 0. The summed E-state index contributed by atoms with van der Waals surface area (Å²) in [6.07, 6.45) is 4.82. The number of aryl methyl sites for hydroxylation is 1. The van der Waals surface area contributed by atoms with E-state index in [1.54, 1.807) is 0 Å². The second-order valence-electron chi connectivity index (χ2n) is 7.38. The molecule has 160 valence electrons. The average molecular weight is 512 g/mol. The van der Waals surface area contributed by atoms with Gasteiger partial charge in [0.15, 0.2) is 11.8 Å². The SMILES string of the molecule is CCCCNC(=NCc1ccccc1OCC1CC1)NCc1nnc(C)n1C.I. The van der Waals surface area contributed by atoms with Crippen molar-refractivity contribution < 1.29 is 4.74 Å². The van der Waals surface area contributed by atoms with Crippen LogP contribution in [0.2, 0.25) is 0 Å². The quantitative estimate of drug-likeness (QED) is 0.220. The van der Waals surface area contributed by atoms with Crippen molar-refractivity contribution >= 4 is 29.9 Å². The predicted molar refractivity (Wildman–Crippen MR) is 127 cm³/mol. The van der Waals surface area contributed by atoms with Crippen molar-refractivity contribution in [3.8, 4) is 5.75 Å². The van der Waals surface area contributed by atoms with Gasteiger partial charge in [-0.15, -0.1) is 34.2 Å². The molecule has 3 rings (SSSR count).